The molecule has 2 N–H and O–H groups in total. The second-order valence-electron chi connectivity index (χ2n) is 6.95. The number of aryl methyl sites for hydroxylation is 2. The van der Waals surface area contributed by atoms with Crippen molar-refractivity contribution in [1.82, 2.24) is 5.32 Å². The lowest BCUT2D eigenvalue weighted by Gasteiger charge is -2.17. The van der Waals surface area contributed by atoms with E-state index in [2.05, 4.69) is 10.0 Å². The number of carbonyl (C=O) groups is 1. The highest BCUT2D eigenvalue weighted by Gasteiger charge is 2.23. The van der Waals surface area contributed by atoms with Crippen molar-refractivity contribution in [2.45, 2.75) is 32.6 Å². The molecular formula is C21H24N2O4S2. The topological polar surface area (TPSA) is 84.5 Å². The minimum absolute atomic E-state index is 0.244. The number of fused-ring (bicyclic) bond motifs is 1. The molecule has 0 aliphatic heterocycles. The molecule has 8 heteroatoms. The average Bonchev–Trinajstić information content (AvgIpc) is 3.03. The Hall–Kier alpha value is -2.58. The molecule has 0 saturated heterocycles. The minimum Gasteiger partial charge on any atom is -0.494 e. The van der Waals surface area contributed by atoms with Gasteiger partial charge in [-0.2, -0.15) is 0 Å². The van der Waals surface area contributed by atoms with E-state index in [1.165, 1.54) is 18.4 Å². The summed E-state index contributed by atoms with van der Waals surface area (Å²) in [5, 5.41) is 3.28. The third kappa shape index (κ3) is 3.70. The van der Waals surface area contributed by atoms with Crippen molar-refractivity contribution in [3.63, 3.8) is 0 Å². The molecule has 0 fully saturated rings. The van der Waals surface area contributed by atoms with Crippen LogP contribution in [-0.4, -0.2) is 28.5 Å². The fourth-order valence-electron chi connectivity index (χ4n) is 3.39. The Morgan fingerprint density at radius 2 is 1.66 bits per heavy atom. The van der Waals surface area contributed by atoms with Crippen LogP contribution in [0.15, 0.2) is 29.2 Å². The van der Waals surface area contributed by atoms with Gasteiger partial charge in [0, 0.05) is 22.8 Å². The maximum Gasteiger partial charge on any atom is 0.264 e. The monoisotopic (exact) mass is 432 g/mol. The largest absolute Gasteiger partial charge is 0.494 e. The van der Waals surface area contributed by atoms with Gasteiger partial charge in [-0.15, -0.1) is 11.3 Å². The number of ether oxygens (including phenoxy) is 1. The van der Waals surface area contributed by atoms with Crippen LogP contribution < -0.4 is 14.8 Å². The molecular weight excluding hydrogens is 408 g/mol. The highest BCUT2D eigenvalue weighted by atomic mass is 32.2. The molecule has 0 saturated carbocycles. The van der Waals surface area contributed by atoms with Crippen LogP contribution in [-0.2, 0) is 10.0 Å². The highest BCUT2D eigenvalue weighted by molar-refractivity contribution is 7.92. The predicted octanol–water partition coefficient (Wildman–Crippen LogP) is 4.30. The minimum atomic E-state index is -3.79. The van der Waals surface area contributed by atoms with E-state index in [4.69, 9.17) is 4.74 Å². The van der Waals surface area contributed by atoms with Crippen molar-refractivity contribution in [3.8, 4) is 5.75 Å². The van der Waals surface area contributed by atoms with Gasteiger partial charge in [0.15, 0.2) is 0 Å². The zero-order valence-corrected chi connectivity index (χ0v) is 18.9. The van der Waals surface area contributed by atoms with Crippen molar-refractivity contribution in [1.29, 1.82) is 0 Å². The molecule has 29 heavy (non-hydrogen) atoms. The van der Waals surface area contributed by atoms with Crippen molar-refractivity contribution in [2.24, 2.45) is 0 Å². The second kappa shape index (κ2) is 7.68. The molecule has 1 aromatic heterocycles. The first-order valence-corrected chi connectivity index (χ1v) is 11.3. The highest BCUT2D eigenvalue weighted by Crippen LogP contribution is 2.39. The number of thiophene rings is 1. The molecule has 0 radical (unpaired) electrons. The normalized spacial score (nSPS) is 11.5. The maximum absolute atomic E-state index is 13.2. The summed E-state index contributed by atoms with van der Waals surface area (Å²) in [5.41, 5.74) is 3.74. The number of hydrogen-bond donors (Lipinski definition) is 2. The lowest BCUT2D eigenvalue weighted by Crippen LogP contribution is -2.17. The third-order valence-corrected chi connectivity index (χ3v) is 7.90. The first kappa shape index (κ1) is 21.1. The molecule has 0 spiro atoms. The van der Waals surface area contributed by atoms with Gasteiger partial charge in [-0.05, 0) is 68.1 Å². The standard InChI is InChI=1S/C21H24N2O4S2/c1-11-9-12(2)14(4)20(13(11)3)29(25,26)23-15-7-8-17-16(10-15)18(27-6)19(28-17)21(24)22-5/h7-10,23H,1-6H3,(H,22,24). The van der Waals surface area contributed by atoms with E-state index in [0.717, 1.165) is 27.0 Å². The molecule has 0 bridgehead atoms. The van der Waals surface area contributed by atoms with Crippen LogP contribution in [0.3, 0.4) is 0 Å². The van der Waals surface area contributed by atoms with Crippen LogP contribution in [0.1, 0.15) is 31.9 Å². The molecule has 0 aliphatic carbocycles. The fraction of sp³-hybridized carbons (Fsp3) is 0.286. The Kier molecular flexibility index (Phi) is 5.60. The number of carbonyl (C=O) groups excluding carboxylic acids is 1. The second-order valence-corrected chi connectivity index (χ2v) is 9.62. The van der Waals surface area contributed by atoms with E-state index >= 15 is 0 Å². The molecule has 154 valence electrons. The van der Waals surface area contributed by atoms with Crippen LogP contribution in [0.25, 0.3) is 10.1 Å². The van der Waals surface area contributed by atoms with Crippen LogP contribution >= 0.6 is 11.3 Å². The van der Waals surface area contributed by atoms with Crippen LogP contribution in [0, 0.1) is 27.7 Å². The molecule has 1 heterocycles. The number of rotatable bonds is 5. The fourth-order valence-corrected chi connectivity index (χ4v) is 6.16. The molecule has 2 aromatic carbocycles. The third-order valence-electron chi connectivity index (χ3n) is 5.10. The van der Waals surface area contributed by atoms with Crippen molar-refractivity contribution >= 4 is 43.0 Å². The SMILES string of the molecule is CNC(=O)c1sc2ccc(NS(=O)(=O)c3c(C)c(C)cc(C)c3C)cc2c1OC. The van der Waals surface area contributed by atoms with Crippen molar-refractivity contribution in [3.05, 3.63) is 51.4 Å². The van der Waals surface area contributed by atoms with E-state index in [1.807, 2.05) is 33.8 Å². The van der Waals surface area contributed by atoms with E-state index < -0.39 is 10.0 Å². The Morgan fingerprint density at radius 1 is 1.03 bits per heavy atom. The number of sulfonamides is 1. The molecule has 0 atom stereocenters. The predicted molar refractivity (Wildman–Crippen MR) is 118 cm³/mol. The Bertz CT molecular complexity index is 1200. The lowest BCUT2D eigenvalue weighted by atomic mass is 10.0. The van der Waals surface area contributed by atoms with Crippen LogP contribution in [0.4, 0.5) is 5.69 Å². The summed E-state index contributed by atoms with van der Waals surface area (Å²) in [6.07, 6.45) is 0. The van der Waals surface area contributed by atoms with Crippen molar-refractivity contribution < 1.29 is 17.9 Å². The van der Waals surface area contributed by atoms with Crippen LogP contribution in [0.2, 0.25) is 0 Å². The van der Waals surface area contributed by atoms with Gasteiger partial charge in [-0.1, -0.05) is 6.07 Å². The summed E-state index contributed by atoms with van der Waals surface area (Å²) in [6.45, 7) is 7.45. The Balaban J connectivity index is 2.10. The van der Waals surface area contributed by atoms with E-state index in [0.29, 0.717) is 26.6 Å². The van der Waals surface area contributed by atoms with E-state index in [1.54, 1.807) is 25.2 Å². The summed E-state index contributed by atoms with van der Waals surface area (Å²) in [7, 11) is -0.740. The Labute approximate surface area is 175 Å². The quantitative estimate of drug-likeness (QED) is 0.629. The summed E-state index contributed by atoms with van der Waals surface area (Å²) < 4.78 is 35.3. The van der Waals surface area contributed by atoms with E-state index in [-0.39, 0.29) is 5.91 Å². The van der Waals surface area contributed by atoms with Gasteiger partial charge in [0.2, 0.25) is 0 Å². The van der Waals surface area contributed by atoms with Gasteiger partial charge >= 0.3 is 0 Å². The summed E-state index contributed by atoms with van der Waals surface area (Å²) in [5.74, 6) is 0.191. The number of anilines is 1. The smallest absolute Gasteiger partial charge is 0.264 e. The molecule has 3 aromatic rings. The number of hydrogen-bond acceptors (Lipinski definition) is 5. The maximum atomic E-state index is 13.2. The van der Waals surface area contributed by atoms with Gasteiger partial charge < -0.3 is 10.1 Å². The molecule has 6 nitrogen and oxygen atoms in total. The van der Waals surface area contributed by atoms with Gasteiger partial charge in [0.05, 0.1) is 12.0 Å². The molecule has 1 amide bonds. The van der Waals surface area contributed by atoms with Crippen LogP contribution in [0.5, 0.6) is 5.75 Å². The zero-order chi connectivity index (χ0) is 21.5. The van der Waals surface area contributed by atoms with Gasteiger partial charge in [0.1, 0.15) is 10.6 Å². The number of amides is 1. The molecule has 0 unspecified atom stereocenters. The first-order chi connectivity index (χ1) is 13.6. The molecule has 0 aliphatic rings. The van der Waals surface area contributed by atoms with Crippen molar-refractivity contribution in [2.75, 3.05) is 18.9 Å². The summed E-state index contributed by atoms with van der Waals surface area (Å²) >= 11 is 1.30. The summed E-state index contributed by atoms with van der Waals surface area (Å²) in [6, 6.07) is 7.17. The lowest BCUT2D eigenvalue weighted by molar-refractivity contribution is 0.0964. The first-order valence-electron chi connectivity index (χ1n) is 9.03. The molecule has 3 rings (SSSR count). The van der Waals surface area contributed by atoms with Gasteiger partial charge in [-0.3, -0.25) is 9.52 Å². The average molecular weight is 433 g/mol. The number of nitrogens with one attached hydrogen (secondary N) is 2. The van der Waals surface area contributed by atoms with Gasteiger partial charge in [0.25, 0.3) is 15.9 Å². The van der Waals surface area contributed by atoms with Gasteiger partial charge in [-0.25, -0.2) is 8.42 Å². The number of methoxy groups -OCH3 is 1. The zero-order valence-electron chi connectivity index (χ0n) is 17.3. The Morgan fingerprint density at radius 3 is 2.21 bits per heavy atom. The number of benzene rings is 2. The summed E-state index contributed by atoms with van der Waals surface area (Å²) in [4.78, 5) is 12.9. The van der Waals surface area contributed by atoms with E-state index in [9.17, 15) is 13.2 Å².